The van der Waals surface area contributed by atoms with Gasteiger partial charge >= 0.3 is 0 Å². The standard InChI is InChI=1S/C18H23N3/c1-4-19-18(15-10-12(2)20-21-13(15)3)17-11-16(17)14-8-6-5-7-9-14/h5-10,16-19H,4,11H2,1-3H3. The summed E-state index contributed by atoms with van der Waals surface area (Å²) >= 11 is 0. The van der Waals surface area contributed by atoms with Crippen LogP contribution in [0.2, 0.25) is 0 Å². The topological polar surface area (TPSA) is 37.8 Å². The molecule has 1 aliphatic carbocycles. The maximum atomic E-state index is 4.30. The van der Waals surface area contributed by atoms with Gasteiger partial charge in [-0.3, -0.25) is 0 Å². The Morgan fingerprint density at radius 1 is 1.19 bits per heavy atom. The molecule has 3 nitrogen and oxygen atoms in total. The van der Waals surface area contributed by atoms with E-state index in [-0.39, 0.29) is 0 Å². The van der Waals surface area contributed by atoms with Gasteiger partial charge < -0.3 is 5.32 Å². The second kappa shape index (κ2) is 5.94. The molecule has 3 atom stereocenters. The monoisotopic (exact) mass is 281 g/mol. The number of aromatic nitrogens is 2. The summed E-state index contributed by atoms with van der Waals surface area (Å²) in [4.78, 5) is 0. The minimum Gasteiger partial charge on any atom is -0.310 e. The van der Waals surface area contributed by atoms with E-state index in [1.807, 2.05) is 6.92 Å². The van der Waals surface area contributed by atoms with Crippen LogP contribution in [0.25, 0.3) is 0 Å². The Morgan fingerprint density at radius 2 is 1.95 bits per heavy atom. The number of nitrogens with zero attached hydrogens (tertiary/aromatic N) is 2. The Kier molecular flexibility index (Phi) is 4.02. The lowest BCUT2D eigenvalue weighted by molar-refractivity contribution is 0.481. The number of hydrogen-bond acceptors (Lipinski definition) is 3. The molecule has 3 unspecified atom stereocenters. The Labute approximate surface area is 126 Å². The van der Waals surface area contributed by atoms with Crippen LogP contribution >= 0.6 is 0 Å². The number of aryl methyl sites for hydroxylation is 2. The Morgan fingerprint density at radius 3 is 2.67 bits per heavy atom. The van der Waals surface area contributed by atoms with Crippen LogP contribution in [0.3, 0.4) is 0 Å². The van der Waals surface area contributed by atoms with E-state index in [4.69, 9.17) is 0 Å². The van der Waals surface area contributed by atoms with E-state index in [1.165, 1.54) is 17.5 Å². The highest BCUT2D eigenvalue weighted by Crippen LogP contribution is 2.54. The fourth-order valence-corrected chi connectivity index (χ4v) is 3.26. The molecule has 1 N–H and O–H groups in total. The molecule has 0 amide bonds. The number of rotatable bonds is 5. The van der Waals surface area contributed by atoms with Gasteiger partial charge in [-0.05, 0) is 55.8 Å². The largest absolute Gasteiger partial charge is 0.310 e. The lowest BCUT2D eigenvalue weighted by Gasteiger charge is -2.20. The molecule has 0 saturated heterocycles. The van der Waals surface area contributed by atoms with Gasteiger partial charge in [-0.15, -0.1) is 0 Å². The molecule has 0 bridgehead atoms. The normalized spacial score (nSPS) is 22.0. The van der Waals surface area contributed by atoms with E-state index in [1.54, 1.807) is 0 Å². The van der Waals surface area contributed by atoms with E-state index in [0.717, 1.165) is 17.9 Å². The van der Waals surface area contributed by atoms with Crippen molar-refractivity contribution < 1.29 is 0 Å². The minimum absolute atomic E-state index is 0.384. The van der Waals surface area contributed by atoms with Gasteiger partial charge in [-0.1, -0.05) is 37.3 Å². The van der Waals surface area contributed by atoms with Gasteiger partial charge in [0.2, 0.25) is 0 Å². The predicted molar refractivity (Wildman–Crippen MR) is 85.2 cm³/mol. The molecule has 1 fully saturated rings. The third-order valence-electron chi connectivity index (χ3n) is 4.39. The van der Waals surface area contributed by atoms with Crippen LogP contribution in [0, 0.1) is 19.8 Å². The summed E-state index contributed by atoms with van der Waals surface area (Å²) in [5.41, 5.74) is 4.82. The van der Waals surface area contributed by atoms with Crippen molar-refractivity contribution >= 4 is 0 Å². The molecule has 21 heavy (non-hydrogen) atoms. The second-order valence-corrected chi connectivity index (χ2v) is 5.98. The first-order valence-electron chi connectivity index (χ1n) is 7.80. The summed E-state index contributed by atoms with van der Waals surface area (Å²) in [6.45, 7) is 7.22. The Bertz CT molecular complexity index is 609. The molecule has 0 spiro atoms. The van der Waals surface area contributed by atoms with Crippen LogP contribution in [0.1, 0.15) is 47.8 Å². The third kappa shape index (κ3) is 2.98. The summed E-state index contributed by atoms with van der Waals surface area (Å²) in [6.07, 6.45) is 1.25. The molecule has 1 aromatic carbocycles. The van der Waals surface area contributed by atoms with Gasteiger partial charge in [0.25, 0.3) is 0 Å². The van der Waals surface area contributed by atoms with E-state index >= 15 is 0 Å². The van der Waals surface area contributed by atoms with Crippen molar-refractivity contribution in [3.8, 4) is 0 Å². The van der Waals surface area contributed by atoms with Crippen molar-refractivity contribution in [2.45, 2.75) is 39.2 Å². The second-order valence-electron chi connectivity index (χ2n) is 5.98. The number of nitrogens with one attached hydrogen (secondary N) is 1. The van der Waals surface area contributed by atoms with Crippen LogP contribution in [0.15, 0.2) is 36.4 Å². The van der Waals surface area contributed by atoms with Gasteiger partial charge in [-0.2, -0.15) is 10.2 Å². The molecule has 1 saturated carbocycles. The smallest absolute Gasteiger partial charge is 0.0648 e. The maximum absolute atomic E-state index is 4.30. The number of benzene rings is 1. The van der Waals surface area contributed by atoms with Crippen molar-refractivity contribution in [3.63, 3.8) is 0 Å². The molecular weight excluding hydrogens is 258 g/mol. The third-order valence-corrected chi connectivity index (χ3v) is 4.39. The zero-order chi connectivity index (χ0) is 14.8. The molecule has 0 aliphatic heterocycles. The zero-order valence-corrected chi connectivity index (χ0v) is 13.0. The molecular formula is C18H23N3. The molecule has 110 valence electrons. The quantitative estimate of drug-likeness (QED) is 0.910. The van der Waals surface area contributed by atoms with Gasteiger partial charge in [0.15, 0.2) is 0 Å². The summed E-state index contributed by atoms with van der Waals surface area (Å²) in [5.74, 6) is 1.33. The number of hydrogen-bond donors (Lipinski definition) is 1. The first-order valence-corrected chi connectivity index (χ1v) is 7.80. The zero-order valence-electron chi connectivity index (χ0n) is 13.0. The molecule has 0 radical (unpaired) electrons. The highest BCUT2D eigenvalue weighted by molar-refractivity contribution is 5.32. The molecule has 1 heterocycles. The van der Waals surface area contributed by atoms with Crippen molar-refractivity contribution in [1.29, 1.82) is 0 Å². The molecule has 2 aromatic rings. The lowest BCUT2D eigenvalue weighted by atomic mass is 9.97. The highest BCUT2D eigenvalue weighted by atomic mass is 15.1. The van der Waals surface area contributed by atoms with E-state index in [9.17, 15) is 0 Å². The summed E-state index contributed by atoms with van der Waals surface area (Å²) < 4.78 is 0. The Balaban J connectivity index is 1.85. The van der Waals surface area contributed by atoms with Crippen LogP contribution in [-0.2, 0) is 0 Å². The van der Waals surface area contributed by atoms with Crippen LogP contribution in [0.4, 0.5) is 0 Å². The van der Waals surface area contributed by atoms with Crippen LogP contribution in [-0.4, -0.2) is 16.7 Å². The predicted octanol–water partition coefficient (Wildman–Crippen LogP) is 3.55. The van der Waals surface area contributed by atoms with Gasteiger partial charge in [-0.25, -0.2) is 0 Å². The van der Waals surface area contributed by atoms with Gasteiger partial charge in [0.05, 0.1) is 11.4 Å². The van der Waals surface area contributed by atoms with Crippen molar-refractivity contribution in [2.24, 2.45) is 5.92 Å². The summed E-state index contributed by atoms with van der Waals surface area (Å²) in [7, 11) is 0. The summed E-state index contributed by atoms with van der Waals surface area (Å²) in [5, 5.41) is 12.1. The SMILES string of the molecule is CCNC(c1cc(C)nnc1C)C1CC1c1ccccc1. The molecule has 3 heteroatoms. The highest BCUT2D eigenvalue weighted by Gasteiger charge is 2.44. The molecule has 1 aliphatic rings. The molecule has 3 rings (SSSR count). The fourth-order valence-electron chi connectivity index (χ4n) is 3.26. The van der Waals surface area contributed by atoms with Crippen LogP contribution in [0.5, 0.6) is 0 Å². The first-order chi connectivity index (χ1) is 10.2. The first kappa shape index (κ1) is 14.2. The molecule has 1 aromatic heterocycles. The minimum atomic E-state index is 0.384. The van der Waals surface area contributed by atoms with Gasteiger partial charge in [0, 0.05) is 6.04 Å². The van der Waals surface area contributed by atoms with E-state index in [0.29, 0.717) is 17.9 Å². The van der Waals surface area contributed by atoms with E-state index < -0.39 is 0 Å². The van der Waals surface area contributed by atoms with Crippen molar-refractivity contribution in [2.75, 3.05) is 6.54 Å². The van der Waals surface area contributed by atoms with E-state index in [2.05, 4.69) is 65.8 Å². The fraction of sp³-hybridized carbons (Fsp3) is 0.444. The van der Waals surface area contributed by atoms with Crippen molar-refractivity contribution in [1.82, 2.24) is 15.5 Å². The lowest BCUT2D eigenvalue weighted by Crippen LogP contribution is -2.24. The maximum Gasteiger partial charge on any atom is 0.0648 e. The Hall–Kier alpha value is -1.74. The van der Waals surface area contributed by atoms with Crippen LogP contribution < -0.4 is 5.32 Å². The van der Waals surface area contributed by atoms with Gasteiger partial charge in [0.1, 0.15) is 0 Å². The average Bonchev–Trinajstić information content (AvgIpc) is 3.29. The van der Waals surface area contributed by atoms with Crippen molar-refractivity contribution in [3.05, 3.63) is 58.9 Å². The average molecular weight is 281 g/mol. The summed E-state index contributed by atoms with van der Waals surface area (Å²) in [6, 6.07) is 13.4.